The maximum Gasteiger partial charge on any atom is 0.123 e. The fourth-order valence-corrected chi connectivity index (χ4v) is 5.01. The number of hydrogen-bond acceptors (Lipinski definition) is 1. The molecule has 0 fully saturated rings. The Bertz CT molecular complexity index is 969. The molecule has 0 radical (unpaired) electrons. The van der Waals surface area contributed by atoms with Crippen molar-refractivity contribution in [1.29, 1.82) is 0 Å². The van der Waals surface area contributed by atoms with Crippen molar-refractivity contribution in [2.45, 2.75) is 138 Å². The van der Waals surface area contributed by atoms with E-state index in [1.807, 2.05) is 26.0 Å². The molecule has 1 aliphatic rings. The second-order valence-electron chi connectivity index (χ2n) is 11.1. The van der Waals surface area contributed by atoms with Crippen molar-refractivity contribution < 1.29 is 4.39 Å². The summed E-state index contributed by atoms with van der Waals surface area (Å²) in [6, 6.07) is 7.32. The van der Waals surface area contributed by atoms with Crippen LogP contribution in [-0.2, 0) is 6.42 Å². The van der Waals surface area contributed by atoms with E-state index in [0.717, 1.165) is 38.5 Å². The number of terminal acetylenes is 1. The molecule has 0 bridgehead atoms. The average Bonchev–Trinajstić information content (AvgIpc) is 2.95. The molecular formula is C40H64FN. The summed E-state index contributed by atoms with van der Waals surface area (Å²) in [7, 11) is 0. The Morgan fingerprint density at radius 2 is 1.62 bits per heavy atom. The summed E-state index contributed by atoms with van der Waals surface area (Å²) >= 11 is 0. The van der Waals surface area contributed by atoms with Gasteiger partial charge in [0.1, 0.15) is 5.82 Å². The van der Waals surface area contributed by atoms with Gasteiger partial charge in [-0.15, -0.1) is 12.8 Å². The van der Waals surface area contributed by atoms with Gasteiger partial charge in [0, 0.05) is 6.04 Å². The normalized spacial score (nSPS) is 15.0. The van der Waals surface area contributed by atoms with Crippen LogP contribution >= 0.6 is 0 Å². The molecule has 0 aliphatic heterocycles. The Hall–Kier alpha value is -2.63. The van der Waals surface area contributed by atoms with E-state index in [9.17, 15) is 4.39 Å². The van der Waals surface area contributed by atoms with Gasteiger partial charge in [-0.2, -0.15) is 0 Å². The van der Waals surface area contributed by atoms with Crippen molar-refractivity contribution >= 4 is 0 Å². The molecule has 2 heteroatoms. The van der Waals surface area contributed by atoms with Gasteiger partial charge in [-0.3, -0.25) is 0 Å². The zero-order valence-electron chi connectivity index (χ0n) is 28.6. The molecule has 1 aliphatic carbocycles. The summed E-state index contributed by atoms with van der Waals surface area (Å²) in [5, 5.41) is 0. The first-order chi connectivity index (χ1) is 20.2. The predicted molar refractivity (Wildman–Crippen MR) is 189 cm³/mol. The third-order valence-electron chi connectivity index (χ3n) is 7.11. The molecule has 0 saturated carbocycles. The molecule has 1 aromatic carbocycles. The lowest BCUT2D eigenvalue weighted by Gasteiger charge is -2.23. The first-order valence-corrected chi connectivity index (χ1v) is 16.5. The third kappa shape index (κ3) is 18.7. The maximum absolute atomic E-state index is 13.3. The lowest BCUT2D eigenvalue weighted by molar-refractivity contribution is 0.423. The number of rotatable bonds is 16. The fourth-order valence-electron chi connectivity index (χ4n) is 5.01. The van der Waals surface area contributed by atoms with E-state index >= 15 is 0 Å². The number of allylic oxidation sites excluding steroid dienone is 9. The van der Waals surface area contributed by atoms with Crippen LogP contribution < -0.4 is 5.73 Å². The molecule has 42 heavy (non-hydrogen) atoms. The largest absolute Gasteiger partial charge is 0.328 e. The highest BCUT2D eigenvalue weighted by molar-refractivity contribution is 5.56. The quantitative estimate of drug-likeness (QED) is 0.118. The molecule has 2 rings (SSSR count). The standard InChI is InChI=1S/C33H48FN.C3H8.C2H6.C2H2/c1-6-11-25(3)30(24-31-19-22-33(31)26(4)13-10-14-27(5)35)16-9-8-15-28(12-7-2)23-29-17-20-32(34)21-18-29;1-3-2;2*1-2/h6,11,17-18,20-22,24,27-28H,4,7-10,12-16,19,23,35H2,1-3,5H3;3H2,1-2H3;1-2H3;1-2H/b11-6+,30-25-,31-24+;;;. The second kappa shape index (κ2) is 27.2. The highest BCUT2D eigenvalue weighted by Crippen LogP contribution is 2.36. The van der Waals surface area contributed by atoms with Gasteiger partial charge >= 0.3 is 0 Å². The number of nitrogens with two attached hydrogens (primary N) is 1. The smallest absolute Gasteiger partial charge is 0.123 e. The van der Waals surface area contributed by atoms with Crippen molar-refractivity contribution in [3.8, 4) is 12.8 Å². The van der Waals surface area contributed by atoms with Crippen LogP contribution in [-0.4, -0.2) is 6.04 Å². The van der Waals surface area contributed by atoms with Gasteiger partial charge in [0.05, 0.1) is 0 Å². The van der Waals surface area contributed by atoms with Crippen LogP contribution in [0, 0.1) is 24.6 Å². The van der Waals surface area contributed by atoms with E-state index in [1.54, 1.807) is 12.1 Å². The maximum atomic E-state index is 13.3. The average molecular weight is 578 g/mol. The van der Waals surface area contributed by atoms with Crippen molar-refractivity contribution in [3.05, 3.63) is 94.4 Å². The van der Waals surface area contributed by atoms with Crippen LogP contribution in [0.15, 0.2) is 83.0 Å². The number of unbranched alkanes of at least 4 members (excludes halogenated alkanes) is 1. The zero-order valence-corrected chi connectivity index (χ0v) is 28.6. The highest BCUT2D eigenvalue weighted by atomic mass is 19.1. The van der Waals surface area contributed by atoms with Gasteiger partial charge in [-0.25, -0.2) is 4.39 Å². The molecule has 1 aromatic rings. The lowest BCUT2D eigenvalue weighted by Crippen LogP contribution is -2.14. The Morgan fingerprint density at radius 1 is 1.00 bits per heavy atom. The zero-order chi connectivity index (χ0) is 32.3. The summed E-state index contributed by atoms with van der Waals surface area (Å²) in [5.74, 6) is 0.525. The molecule has 2 N–H and O–H groups in total. The van der Waals surface area contributed by atoms with Crippen LogP contribution in [0.5, 0.6) is 0 Å². The van der Waals surface area contributed by atoms with E-state index in [-0.39, 0.29) is 11.9 Å². The first-order valence-electron chi connectivity index (χ1n) is 16.5. The van der Waals surface area contributed by atoms with E-state index in [0.29, 0.717) is 5.92 Å². The molecule has 0 aromatic heterocycles. The van der Waals surface area contributed by atoms with Gasteiger partial charge in [-0.05, 0) is 117 Å². The molecule has 0 saturated heterocycles. The Kier molecular flexibility index (Phi) is 26.9. The summed E-state index contributed by atoms with van der Waals surface area (Å²) in [4.78, 5) is 0. The molecule has 0 heterocycles. The van der Waals surface area contributed by atoms with E-state index in [1.165, 1.54) is 72.0 Å². The highest BCUT2D eigenvalue weighted by Gasteiger charge is 2.17. The summed E-state index contributed by atoms with van der Waals surface area (Å²) < 4.78 is 13.3. The second-order valence-corrected chi connectivity index (χ2v) is 11.1. The van der Waals surface area contributed by atoms with Crippen LogP contribution in [0.4, 0.5) is 4.39 Å². The van der Waals surface area contributed by atoms with E-state index in [4.69, 9.17) is 5.73 Å². The minimum atomic E-state index is -0.149. The van der Waals surface area contributed by atoms with E-state index < -0.39 is 0 Å². The number of benzene rings is 1. The topological polar surface area (TPSA) is 26.0 Å². The molecule has 2 unspecified atom stereocenters. The van der Waals surface area contributed by atoms with Gasteiger partial charge in [0.25, 0.3) is 0 Å². The SMILES string of the molecule is C#C.C=C(CCCC(C)N)C1=CC\C1=C/C(CCCCC(CCC)Cc1ccc(F)cc1)=C(C)\C=C\C.CC.CCC. The summed E-state index contributed by atoms with van der Waals surface area (Å²) in [5.41, 5.74) is 14.0. The minimum Gasteiger partial charge on any atom is -0.328 e. The van der Waals surface area contributed by atoms with Crippen LogP contribution in [0.25, 0.3) is 0 Å². The van der Waals surface area contributed by atoms with Crippen LogP contribution in [0.3, 0.4) is 0 Å². The fraction of sp³-hybridized carbons (Fsp3) is 0.550. The van der Waals surface area contributed by atoms with Gasteiger partial charge in [0.2, 0.25) is 0 Å². The number of halogens is 1. The molecule has 2 atom stereocenters. The van der Waals surface area contributed by atoms with Crippen LogP contribution in [0.1, 0.15) is 132 Å². The van der Waals surface area contributed by atoms with Crippen molar-refractivity contribution in [1.82, 2.24) is 0 Å². The van der Waals surface area contributed by atoms with Crippen molar-refractivity contribution in [2.75, 3.05) is 0 Å². The van der Waals surface area contributed by atoms with Gasteiger partial charge in [-0.1, -0.05) is 110 Å². The first kappa shape index (κ1) is 41.5. The molecule has 0 spiro atoms. The van der Waals surface area contributed by atoms with Crippen LogP contribution in [0.2, 0.25) is 0 Å². The number of hydrogen-bond donors (Lipinski definition) is 1. The van der Waals surface area contributed by atoms with Gasteiger partial charge < -0.3 is 5.73 Å². The molecule has 0 amide bonds. The van der Waals surface area contributed by atoms with Crippen molar-refractivity contribution in [3.63, 3.8) is 0 Å². The minimum absolute atomic E-state index is 0.149. The molecule has 236 valence electrons. The summed E-state index contributed by atoms with van der Waals surface area (Å²) in [6.45, 7) is 21.3. The van der Waals surface area contributed by atoms with Gasteiger partial charge in [0.15, 0.2) is 0 Å². The van der Waals surface area contributed by atoms with E-state index in [2.05, 4.69) is 85.3 Å². The monoisotopic (exact) mass is 578 g/mol. The van der Waals surface area contributed by atoms with Crippen molar-refractivity contribution in [2.24, 2.45) is 11.7 Å². The Morgan fingerprint density at radius 3 is 2.12 bits per heavy atom. The molecular weight excluding hydrogens is 513 g/mol. The summed E-state index contributed by atoms with van der Waals surface area (Å²) in [6.07, 6.45) is 30.9. The predicted octanol–water partition coefficient (Wildman–Crippen LogP) is 12.3. The lowest BCUT2D eigenvalue weighted by atomic mass is 9.82. The Labute approximate surface area is 261 Å². The molecule has 1 nitrogen and oxygen atoms in total. The Balaban J connectivity index is 0. The third-order valence-corrected chi connectivity index (χ3v) is 7.11.